The van der Waals surface area contributed by atoms with Crippen LogP contribution in [0.5, 0.6) is 0 Å². The number of hydrogen-bond acceptors (Lipinski definition) is 2. The molecule has 0 aliphatic heterocycles. The fraction of sp³-hybridized carbons (Fsp3) is 0.438. The van der Waals surface area contributed by atoms with E-state index in [0.717, 1.165) is 23.4 Å². The highest BCUT2D eigenvalue weighted by atomic mass is 35.5. The first-order valence-corrected chi connectivity index (χ1v) is 7.34. The zero-order valence-electron chi connectivity index (χ0n) is 12.7. The number of halogens is 2. The number of benzene rings is 1. The maximum absolute atomic E-state index is 13.2. The molecule has 0 aliphatic rings. The Morgan fingerprint density at radius 2 is 2.05 bits per heavy atom. The van der Waals surface area contributed by atoms with Gasteiger partial charge >= 0.3 is 0 Å². The summed E-state index contributed by atoms with van der Waals surface area (Å²) in [6.45, 7) is 6.09. The molecule has 2 aromatic rings. The molecule has 1 heterocycles. The van der Waals surface area contributed by atoms with Crippen LogP contribution in [0, 0.1) is 18.7 Å². The summed E-state index contributed by atoms with van der Waals surface area (Å²) in [5.41, 5.74) is 3.01. The van der Waals surface area contributed by atoms with Crippen molar-refractivity contribution in [1.29, 1.82) is 0 Å². The number of aryl methyl sites for hydroxylation is 2. The van der Waals surface area contributed by atoms with E-state index >= 15 is 0 Å². The van der Waals surface area contributed by atoms with Crippen LogP contribution in [-0.4, -0.2) is 14.9 Å². The third-order valence-corrected chi connectivity index (χ3v) is 3.85. The molecule has 0 radical (unpaired) electrons. The Hall–Kier alpha value is -1.39. The average molecular weight is 311 g/mol. The van der Waals surface area contributed by atoms with E-state index in [1.165, 1.54) is 18.2 Å². The molecule has 114 valence electrons. The van der Waals surface area contributed by atoms with Crippen LogP contribution in [0.4, 0.5) is 4.39 Å². The molecule has 1 aromatic carbocycles. The summed E-state index contributed by atoms with van der Waals surface area (Å²) in [5, 5.41) is 15.3. The number of nitrogens with zero attached hydrogens (tertiary/aromatic N) is 2. The van der Waals surface area contributed by atoms with Crippen molar-refractivity contribution in [2.45, 2.75) is 33.3 Å². The molecular formula is C16H20ClFN2O. The van der Waals surface area contributed by atoms with Crippen LogP contribution in [0.3, 0.4) is 0 Å². The fourth-order valence-electron chi connectivity index (χ4n) is 2.59. The van der Waals surface area contributed by atoms with Gasteiger partial charge in [-0.1, -0.05) is 31.5 Å². The quantitative estimate of drug-likeness (QED) is 0.932. The summed E-state index contributed by atoms with van der Waals surface area (Å²) in [6.07, 6.45) is -0.0942. The fourth-order valence-corrected chi connectivity index (χ4v) is 2.86. The Balaban J connectivity index is 2.50. The molecule has 0 aliphatic carbocycles. The maximum atomic E-state index is 13.2. The molecule has 0 bridgehead atoms. The predicted molar refractivity (Wildman–Crippen MR) is 82.0 cm³/mol. The van der Waals surface area contributed by atoms with Gasteiger partial charge in [0.2, 0.25) is 0 Å². The zero-order chi connectivity index (χ0) is 15.7. The van der Waals surface area contributed by atoms with Crippen LogP contribution in [0.25, 0.3) is 0 Å². The molecular weight excluding hydrogens is 291 g/mol. The minimum atomic E-state index is -0.902. The molecule has 1 aromatic heterocycles. The van der Waals surface area contributed by atoms with Crippen LogP contribution in [0.15, 0.2) is 18.2 Å². The van der Waals surface area contributed by atoms with E-state index in [9.17, 15) is 9.50 Å². The van der Waals surface area contributed by atoms with Crippen molar-refractivity contribution in [1.82, 2.24) is 9.78 Å². The van der Waals surface area contributed by atoms with Crippen molar-refractivity contribution in [2.75, 3.05) is 0 Å². The van der Waals surface area contributed by atoms with E-state index in [0.29, 0.717) is 11.5 Å². The first-order valence-electron chi connectivity index (χ1n) is 6.96. The minimum Gasteiger partial charge on any atom is -0.383 e. The van der Waals surface area contributed by atoms with Gasteiger partial charge in [0.15, 0.2) is 0 Å². The highest BCUT2D eigenvalue weighted by molar-refractivity contribution is 6.31. The lowest BCUT2D eigenvalue weighted by atomic mass is 9.95. The van der Waals surface area contributed by atoms with Gasteiger partial charge < -0.3 is 5.11 Å². The SMILES string of the molecule is Cc1nn(C)c(CC(C)C)c1C(O)c1ccc(F)cc1Cl. The lowest BCUT2D eigenvalue weighted by molar-refractivity contribution is 0.218. The van der Waals surface area contributed by atoms with E-state index < -0.39 is 11.9 Å². The lowest BCUT2D eigenvalue weighted by Crippen LogP contribution is -2.09. The molecule has 21 heavy (non-hydrogen) atoms. The van der Waals surface area contributed by atoms with Gasteiger partial charge in [-0.3, -0.25) is 4.68 Å². The standard InChI is InChI=1S/C16H20ClFN2O/c1-9(2)7-14-15(10(3)19-20(14)4)16(21)12-6-5-11(18)8-13(12)17/h5-6,8-9,16,21H,7H2,1-4H3. The summed E-state index contributed by atoms with van der Waals surface area (Å²) in [4.78, 5) is 0. The van der Waals surface area contributed by atoms with Crippen LogP contribution in [0.2, 0.25) is 5.02 Å². The molecule has 0 saturated carbocycles. The van der Waals surface area contributed by atoms with Crippen LogP contribution < -0.4 is 0 Å². The highest BCUT2D eigenvalue weighted by Crippen LogP contribution is 2.33. The maximum Gasteiger partial charge on any atom is 0.124 e. The molecule has 5 heteroatoms. The van der Waals surface area contributed by atoms with Crippen molar-refractivity contribution in [3.8, 4) is 0 Å². The van der Waals surface area contributed by atoms with Gasteiger partial charge in [0, 0.05) is 28.9 Å². The second kappa shape index (κ2) is 6.16. The van der Waals surface area contributed by atoms with Crippen LogP contribution in [-0.2, 0) is 13.5 Å². The molecule has 1 unspecified atom stereocenters. The van der Waals surface area contributed by atoms with E-state index in [2.05, 4.69) is 18.9 Å². The second-order valence-electron chi connectivity index (χ2n) is 5.74. The summed E-state index contributed by atoms with van der Waals surface area (Å²) in [7, 11) is 1.87. The van der Waals surface area contributed by atoms with E-state index in [1.807, 2.05) is 14.0 Å². The van der Waals surface area contributed by atoms with Gasteiger partial charge in [0.1, 0.15) is 11.9 Å². The summed E-state index contributed by atoms with van der Waals surface area (Å²) < 4.78 is 15.0. The highest BCUT2D eigenvalue weighted by Gasteiger charge is 2.24. The van der Waals surface area contributed by atoms with Gasteiger partial charge in [-0.2, -0.15) is 5.10 Å². The largest absolute Gasteiger partial charge is 0.383 e. The molecule has 3 nitrogen and oxygen atoms in total. The summed E-state index contributed by atoms with van der Waals surface area (Å²) in [6, 6.07) is 4.04. The van der Waals surface area contributed by atoms with Crippen molar-refractivity contribution in [2.24, 2.45) is 13.0 Å². The van der Waals surface area contributed by atoms with E-state index in [4.69, 9.17) is 11.6 Å². The first-order chi connectivity index (χ1) is 9.81. The van der Waals surface area contributed by atoms with Gasteiger partial charge in [-0.05, 0) is 31.4 Å². The van der Waals surface area contributed by atoms with Crippen molar-refractivity contribution < 1.29 is 9.50 Å². The number of aromatic nitrogens is 2. The van der Waals surface area contributed by atoms with E-state index in [1.54, 1.807) is 4.68 Å². The van der Waals surface area contributed by atoms with Crippen molar-refractivity contribution in [3.05, 3.63) is 51.6 Å². The smallest absolute Gasteiger partial charge is 0.124 e. The third-order valence-electron chi connectivity index (χ3n) is 3.52. The average Bonchev–Trinajstić information content (AvgIpc) is 2.62. The van der Waals surface area contributed by atoms with Gasteiger partial charge in [0.05, 0.1) is 5.69 Å². The zero-order valence-corrected chi connectivity index (χ0v) is 13.4. The monoisotopic (exact) mass is 310 g/mol. The molecule has 2 rings (SSSR count). The van der Waals surface area contributed by atoms with Gasteiger partial charge in [-0.25, -0.2) is 4.39 Å². The Kier molecular flexibility index (Phi) is 4.69. The topological polar surface area (TPSA) is 38.0 Å². The predicted octanol–water partition coefficient (Wildman–Crippen LogP) is 3.80. The van der Waals surface area contributed by atoms with Crippen LogP contribution >= 0.6 is 11.6 Å². The summed E-state index contributed by atoms with van der Waals surface area (Å²) >= 11 is 6.06. The lowest BCUT2D eigenvalue weighted by Gasteiger charge is -2.16. The summed E-state index contributed by atoms with van der Waals surface area (Å²) in [5.74, 6) is 0.0238. The van der Waals surface area contributed by atoms with E-state index in [-0.39, 0.29) is 5.02 Å². The van der Waals surface area contributed by atoms with Crippen LogP contribution in [0.1, 0.15) is 42.5 Å². The number of rotatable bonds is 4. The van der Waals surface area contributed by atoms with Crippen molar-refractivity contribution >= 4 is 11.6 Å². The molecule has 1 atom stereocenters. The number of hydrogen-bond donors (Lipinski definition) is 1. The Morgan fingerprint density at radius 1 is 1.38 bits per heavy atom. The Bertz CT molecular complexity index is 652. The molecule has 0 spiro atoms. The first kappa shape index (κ1) is 16.0. The van der Waals surface area contributed by atoms with Crippen molar-refractivity contribution in [3.63, 3.8) is 0 Å². The Morgan fingerprint density at radius 3 is 2.62 bits per heavy atom. The normalized spacial score (nSPS) is 13.0. The number of aliphatic hydroxyl groups is 1. The third kappa shape index (κ3) is 3.27. The number of aliphatic hydroxyl groups excluding tert-OH is 1. The minimum absolute atomic E-state index is 0.223. The second-order valence-corrected chi connectivity index (χ2v) is 6.14. The molecule has 1 N–H and O–H groups in total. The van der Waals surface area contributed by atoms with Gasteiger partial charge in [-0.15, -0.1) is 0 Å². The molecule has 0 fully saturated rings. The molecule has 0 amide bonds. The van der Waals surface area contributed by atoms with Gasteiger partial charge in [0.25, 0.3) is 0 Å². The molecule has 0 saturated heterocycles. The Labute approximate surface area is 129 Å².